The number of amides is 2. The van der Waals surface area contributed by atoms with Crippen LogP contribution >= 0.6 is 0 Å². The summed E-state index contributed by atoms with van der Waals surface area (Å²) in [5, 5.41) is 5.33. The minimum Gasteiger partial charge on any atom is -0.452 e. The van der Waals surface area contributed by atoms with Gasteiger partial charge in [0, 0.05) is 12.2 Å². The monoisotopic (exact) mass is 354 g/mol. The van der Waals surface area contributed by atoms with Crippen molar-refractivity contribution in [1.29, 1.82) is 0 Å². The third-order valence-corrected chi connectivity index (χ3v) is 3.58. The van der Waals surface area contributed by atoms with Gasteiger partial charge in [-0.25, -0.2) is 0 Å². The molecule has 0 aliphatic heterocycles. The molecule has 1 unspecified atom stereocenters. The van der Waals surface area contributed by atoms with E-state index < -0.39 is 18.0 Å². The zero-order valence-electron chi connectivity index (χ0n) is 14.6. The number of rotatable bonds is 8. The molecule has 2 aromatic rings. The number of esters is 1. The Labute approximate surface area is 152 Å². The van der Waals surface area contributed by atoms with Crippen LogP contribution in [0, 0.1) is 0 Å². The largest absolute Gasteiger partial charge is 0.452 e. The Balaban J connectivity index is 1.66. The quantitative estimate of drug-likeness (QED) is 0.713. The van der Waals surface area contributed by atoms with E-state index in [1.165, 1.54) is 6.92 Å². The van der Waals surface area contributed by atoms with Gasteiger partial charge in [0.05, 0.1) is 12.8 Å². The first-order valence-corrected chi connectivity index (χ1v) is 8.40. The van der Waals surface area contributed by atoms with Crippen molar-refractivity contribution in [1.82, 2.24) is 5.32 Å². The van der Waals surface area contributed by atoms with Gasteiger partial charge in [-0.2, -0.15) is 0 Å². The third-order valence-electron chi connectivity index (χ3n) is 3.58. The number of carbonyl (C=O) groups excluding carboxylic acids is 3. The summed E-state index contributed by atoms with van der Waals surface area (Å²) in [5.41, 5.74) is 1.53. The molecule has 6 nitrogen and oxygen atoms in total. The van der Waals surface area contributed by atoms with Crippen molar-refractivity contribution in [2.24, 2.45) is 0 Å². The molecule has 0 aliphatic carbocycles. The van der Waals surface area contributed by atoms with E-state index >= 15 is 0 Å². The zero-order chi connectivity index (χ0) is 18.8. The van der Waals surface area contributed by atoms with Crippen LogP contribution in [0.25, 0.3) is 0 Å². The Kier molecular flexibility index (Phi) is 7.36. The van der Waals surface area contributed by atoms with E-state index in [4.69, 9.17) is 4.74 Å². The number of benzene rings is 2. The van der Waals surface area contributed by atoms with E-state index in [1.54, 1.807) is 24.3 Å². The fourth-order valence-corrected chi connectivity index (χ4v) is 2.22. The lowest BCUT2D eigenvalue weighted by atomic mass is 10.1. The van der Waals surface area contributed by atoms with Crippen LogP contribution in [0.1, 0.15) is 18.9 Å². The first-order valence-electron chi connectivity index (χ1n) is 8.40. The summed E-state index contributed by atoms with van der Waals surface area (Å²) >= 11 is 0. The summed E-state index contributed by atoms with van der Waals surface area (Å²) in [5.74, 6) is -1.11. The second-order valence-corrected chi connectivity index (χ2v) is 5.75. The first kappa shape index (κ1) is 19.2. The summed E-state index contributed by atoms with van der Waals surface area (Å²) < 4.78 is 5.08. The number of para-hydroxylation sites is 1. The average Bonchev–Trinajstić information content (AvgIpc) is 2.63. The number of hydrogen-bond acceptors (Lipinski definition) is 4. The van der Waals surface area contributed by atoms with Gasteiger partial charge in [-0.05, 0) is 24.6 Å². The molecular weight excluding hydrogens is 332 g/mol. The summed E-state index contributed by atoms with van der Waals surface area (Å²) in [4.78, 5) is 35.6. The standard InChI is InChI=1S/C20H22N2O4/c1-15(20(25)22-17-10-6-3-7-11-17)26-19(24)12-13-21-18(23)14-16-8-4-2-5-9-16/h2-11,15H,12-14H2,1H3,(H,21,23)(H,22,25). The van der Waals surface area contributed by atoms with Gasteiger partial charge in [-0.1, -0.05) is 48.5 Å². The number of anilines is 1. The molecule has 0 heterocycles. The molecule has 0 bridgehead atoms. The number of carbonyl (C=O) groups is 3. The minimum atomic E-state index is -0.914. The van der Waals surface area contributed by atoms with Crippen molar-refractivity contribution < 1.29 is 19.1 Å². The Morgan fingerprint density at radius 3 is 2.23 bits per heavy atom. The van der Waals surface area contributed by atoms with Crippen LogP contribution < -0.4 is 10.6 Å². The van der Waals surface area contributed by atoms with Gasteiger partial charge >= 0.3 is 5.97 Å². The summed E-state index contributed by atoms with van der Waals surface area (Å²) in [6.45, 7) is 1.67. The maximum atomic E-state index is 12.0. The van der Waals surface area contributed by atoms with Gasteiger partial charge in [0.2, 0.25) is 5.91 Å². The van der Waals surface area contributed by atoms with E-state index in [0.29, 0.717) is 5.69 Å². The summed E-state index contributed by atoms with van der Waals surface area (Å²) in [6, 6.07) is 18.3. The van der Waals surface area contributed by atoms with Gasteiger partial charge in [0.1, 0.15) is 0 Å². The molecule has 0 spiro atoms. The molecule has 0 saturated heterocycles. The maximum absolute atomic E-state index is 12.0. The fraction of sp³-hybridized carbons (Fsp3) is 0.250. The maximum Gasteiger partial charge on any atom is 0.308 e. The van der Waals surface area contributed by atoms with Crippen molar-refractivity contribution in [2.45, 2.75) is 25.9 Å². The molecule has 0 radical (unpaired) electrons. The molecule has 26 heavy (non-hydrogen) atoms. The molecule has 0 saturated carbocycles. The summed E-state index contributed by atoms with van der Waals surface area (Å²) in [6.07, 6.45) is -0.655. The molecule has 2 N–H and O–H groups in total. The van der Waals surface area contributed by atoms with Crippen molar-refractivity contribution in [3.63, 3.8) is 0 Å². The lowest BCUT2D eigenvalue weighted by Gasteiger charge is -2.13. The lowest BCUT2D eigenvalue weighted by Crippen LogP contribution is -2.32. The van der Waals surface area contributed by atoms with Gasteiger partial charge in [0.25, 0.3) is 5.91 Å². The highest BCUT2D eigenvalue weighted by molar-refractivity contribution is 5.95. The number of hydrogen-bond donors (Lipinski definition) is 2. The lowest BCUT2D eigenvalue weighted by molar-refractivity contribution is -0.153. The molecule has 2 rings (SSSR count). The van der Waals surface area contributed by atoms with Crippen molar-refractivity contribution in [3.05, 3.63) is 66.2 Å². The Hall–Kier alpha value is -3.15. The molecule has 0 fully saturated rings. The van der Waals surface area contributed by atoms with Crippen molar-refractivity contribution in [3.8, 4) is 0 Å². The van der Waals surface area contributed by atoms with Gasteiger partial charge in [-0.15, -0.1) is 0 Å². The Morgan fingerprint density at radius 1 is 0.962 bits per heavy atom. The Morgan fingerprint density at radius 2 is 1.58 bits per heavy atom. The van der Waals surface area contributed by atoms with E-state index in [-0.39, 0.29) is 25.3 Å². The molecule has 136 valence electrons. The SMILES string of the molecule is CC(OC(=O)CCNC(=O)Cc1ccccc1)C(=O)Nc1ccccc1. The summed E-state index contributed by atoms with van der Waals surface area (Å²) in [7, 11) is 0. The number of nitrogens with one attached hydrogen (secondary N) is 2. The van der Waals surface area contributed by atoms with Crippen LogP contribution in [0.3, 0.4) is 0 Å². The topological polar surface area (TPSA) is 84.5 Å². The highest BCUT2D eigenvalue weighted by Crippen LogP contribution is 2.07. The Bertz CT molecular complexity index is 732. The van der Waals surface area contributed by atoms with Gasteiger partial charge in [-0.3, -0.25) is 14.4 Å². The molecule has 1 atom stereocenters. The molecule has 0 aromatic heterocycles. The van der Waals surface area contributed by atoms with Gasteiger partial charge < -0.3 is 15.4 Å². The highest BCUT2D eigenvalue weighted by atomic mass is 16.5. The van der Waals surface area contributed by atoms with Crippen LogP contribution in [0.5, 0.6) is 0 Å². The zero-order valence-corrected chi connectivity index (χ0v) is 14.6. The highest BCUT2D eigenvalue weighted by Gasteiger charge is 2.17. The van der Waals surface area contributed by atoms with Gasteiger partial charge in [0.15, 0.2) is 6.10 Å². The molecular formula is C20H22N2O4. The smallest absolute Gasteiger partial charge is 0.308 e. The van der Waals surface area contributed by atoms with Crippen LogP contribution in [0.4, 0.5) is 5.69 Å². The van der Waals surface area contributed by atoms with Crippen LogP contribution in [-0.2, 0) is 25.5 Å². The normalized spacial score (nSPS) is 11.3. The van der Waals surface area contributed by atoms with Crippen LogP contribution in [-0.4, -0.2) is 30.4 Å². The van der Waals surface area contributed by atoms with Crippen LogP contribution in [0.15, 0.2) is 60.7 Å². The molecule has 2 amide bonds. The second-order valence-electron chi connectivity index (χ2n) is 5.75. The fourth-order valence-electron chi connectivity index (χ4n) is 2.22. The van der Waals surface area contributed by atoms with Crippen LogP contribution in [0.2, 0.25) is 0 Å². The molecule has 0 aliphatic rings. The van der Waals surface area contributed by atoms with Crippen molar-refractivity contribution >= 4 is 23.5 Å². The van der Waals surface area contributed by atoms with E-state index in [9.17, 15) is 14.4 Å². The molecule has 2 aromatic carbocycles. The average molecular weight is 354 g/mol. The predicted molar refractivity (Wildman–Crippen MR) is 98.4 cm³/mol. The number of ether oxygens (including phenoxy) is 1. The predicted octanol–water partition coefficient (Wildman–Crippen LogP) is 2.31. The van der Waals surface area contributed by atoms with E-state index in [1.807, 2.05) is 36.4 Å². The third kappa shape index (κ3) is 6.76. The first-order chi connectivity index (χ1) is 12.5. The molecule has 6 heteroatoms. The van der Waals surface area contributed by atoms with Crippen molar-refractivity contribution in [2.75, 3.05) is 11.9 Å². The second kappa shape index (κ2) is 9.98. The van der Waals surface area contributed by atoms with E-state index in [0.717, 1.165) is 5.56 Å². The van der Waals surface area contributed by atoms with E-state index in [2.05, 4.69) is 10.6 Å². The minimum absolute atomic E-state index is 0.00346.